The van der Waals surface area contributed by atoms with Crippen molar-refractivity contribution < 1.29 is 8.42 Å². The average Bonchev–Trinajstić information content (AvgIpc) is 2.62. The first-order valence-corrected chi connectivity index (χ1v) is 9.85. The molecular weight excluding hydrogens is 330 g/mol. The molecule has 0 unspecified atom stereocenters. The van der Waals surface area contributed by atoms with Crippen LogP contribution in [0.15, 0.2) is 71.6 Å². The summed E-state index contributed by atoms with van der Waals surface area (Å²) in [6, 6.07) is 16.4. The number of aryl methyl sites for hydroxylation is 1. The summed E-state index contributed by atoms with van der Waals surface area (Å²) in [4.78, 5) is 0.294. The van der Waals surface area contributed by atoms with Crippen LogP contribution in [0.25, 0.3) is 0 Å². The molecule has 3 nitrogen and oxygen atoms in total. The Bertz CT molecular complexity index is 904. The van der Waals surface area contributed by atoms with E-state index >= 15 is 0 Å². The quantitative estimate of drug-likeness (QED) is 0.678. The second-order valence-electron chi connectivity index (χ2n) is 6.21. The van der Waals surface area contributed by atoms with Crippen molar-refractivity contribution in [2.24, 2.45) is 5.92 Å². The molecule has 0 saturated heterocycles. The van der Waals surface area contributed by atoms with Gasteiger partial charge < -0.3 is 0 Å². The second-order valence-corrected chi connectivity index (χ2v) is 7.92. The van der Waals surface area contributed by atoms with Gasteiger partial charge in [-0.2, -0.15) is 0 Å². The SMILES string of the molecule is Cc1ccc(S(=O)(=O)N[C@H]2CCC=C[C@@H]2C#Cc2ccccc2)cc1. The molecule has 0 heterocycles. The van der Waals surface area contributed by atoms with Gasteiger partial charge in [-0.1, -0.05) is 59.9 Å². The fraction of sp³-hybridized carbons (Fsp3) is 0.238. The van der Waals surface area contributed by atoms with Gasteiger partial charge in [-0.3, -0.25) is 0 Å². The van der Waals surface area contributed by atoms with Crippen molar-refractivity contribution in [1.82, 2.24) is 4.72 Å². The molecule has 0 bridgehead atoms. The van der Waals surface area contributed by atoms with Crippen LogP contribution in [0.4, 0.5) is 0 Å². The van der Waals surface area contributed by atoms with E-state index in [1.807, 2.05) is 55.5 Å². The molecule has 4 heteroatoms. The lowest BCUT2D eigenvalue weighted by Crippen LogP contribution is -2.40. The molecule has 3 rings (SSSR count). The van der Waals surface area contributed by atoms with Crippen molar-refractivity contribution in [3.8, 4) is 11.8 Å². The number of hydrogen-bond donors (Lipinski definition) is 1. The lowest BCUT2D eigenvalue weighted by molar-refractivity contribution is 0.477. The Labute approximate surface area is 149 Å². The van der Waals surface area contributed by atoms with Crippen LogP contribution in [-0.2, 0) is 10.0 Å². The summed E-state index contributed by atoms with van der Waals surface area (Å²) in [6.07, 6.45) is 5.67. The van der Waals surface area contributed by atoms with Crippen molar-refractivity contribution in [1.29, 1.82) is 0 Å². The molecule has 25 heavy (non-hydrogen) atoms. The van der Waals surface area contributed by atoms with Gasteiger partial charge in [0.1, 0.15) is 0 Å². The van der Waals surface area contributed by atoms with E-state index in [1.54, 1.807) is 12.1 Å². The largest absolute Gasteiger partial charge is 0.240 e. The molecule has 0 aliphatic heterocycles. The third-order valence-electron chi connectivity index (χ3n) is 4.22. The minimum atomic E-state index is -3.54. The highest BCUT2D eigenvalue weighted by atomic mass is 32.2. The number of allylic oxidation sites excluding steroid dienone is 1. The molecule has 1 aliphatic rings. The Hall–Kier alpha value is -2.35. The first kappa shape index (κ1) is 17.5. The van der Waals surface area contributed by atoms with Crippen LogP contribution in [-0.4, -0.2) is 14.5 Å². The smallest absolute Gasteiger partial charge is 0.207 e. The summed E-state index contributed by atoms with van der Waals surface area (Å²) in [7, 11) is -3.54. The fourth-order valence-electron chi connectivity index (χ4n) is 2.79. The Balaban J connectivity index is 1.79. The van der Waals surface area contributed by atoms with E-state index in [9.17, 15) is 8.42 Å². The van der Waals surface area contributed by atoms with E-state index in [1.165, 1.54) is 0 Å². The predicted octanol–water partition coefficient (Wildman–Crippen LogP) is 3.66. The summed E-state index contributed by atoms with van der Waals surface area (Å²) in [6.45, 7) is 1.94. The van der Waals surface area contributed by atoms with Crippen LogP contribution in [0.1, 0.15) is 24.0 Å². The van der Waals surface area contributed by atoms with Crippen molar-refractivity contribution in [2.75, 3.05) is 0 Å². The Kier molecular flexibility index (Phi) is 5.37. The van der Waals surface area contributed by atoms with Gasteiger partial charge >= 0.3 is 0 Å². The number of rotatable bonds is 3. The molecule has 2 aromatic carbocycles. The highest BCUT2D eigenvalue weighted by Crippen LogP contribution is 2.20. The van der Waals surface area contributed by atoms with Crippen LogP contribution in [0.2, 0.25) is 0 Å². The molecule has 128 valence electrons. The number of sulfonamides is 1. The van der Waals surface area contributed by atoms with Gasteiger partial charge in [0.25, 0.3) is 0 Å². The average molecular weight is 351 g/mol. The van der Waals surface area contributed by atoms with Crippen LogP contribution >= 0.6 is 0 Å². The van der Waals surface area contributed by atoms with E-state index in [2.05, 4.69) is 22.6 Å². The molecule has 0 fully saturated rings. The van der Waals surface area contributed by atoms with E-state index in [0.29, 0.717) is 4.90 Å². The highest BCUT2D eigenvalue weighted by Gasteiger charge is 2.26. The molecule has 0 radical (unpaired) electrons. The lowest BCUT2D eigenvalue weighted by Gasteiger charge is -2.25. The van der Waals surface area contributed by atoms with Gasteiger partial charge in [-0.15, -0.1) is 0 Å². The maximum atomic E-state index is 12.6. The van der Waals surface area contributed by atoms with Crippen molar-refractivity contribution in [2.45, 2.75) is 30.7 Å². The summed E-state index contributed by atoms with van der Waals surface area (Å²) in [5.41, 5.74) is 1.97. The van der Waals surface area contributed by atoms with E-state index in [-0.39, 0.29) is 12.0 Å². The maximum Gasteiger partial charge on any atom is 0.240 e. The van der Waals surface area contributed by atoms with E-state index in [4.69, 9.17) is 0 Å². The molecule has 1 aliphatic carbocycles. The van der Waals surface area contributed by atoms with Gasteiger partial charge in [0.15, 0.2) is 0 Å². The molecule has 0 aromatic heterocycles. The Morgan fingerprint density at radius 1 is 1.04 bits per heavy atom. The van der Waals surface area contributed by atoms with Crippen LogP contribution < -0.4 is 4.72 Å². The third kappa shape index (κ3) is 4.60. The topological polar surface area (TPSA) is 46.2 Å². The van der Waals surface area contributed by atoms with Gasteiger partial charge in [-0.25, -0.2) is 13.1 Å². The zero-order valence-electron chi connectivity index (χ0n) is 14.1. The number of benzene rings is 2. The summed E-state index contributed by atoms with van der Waals surface area (Å²) in [5.74, 6) is 6.22. The van der Waals surface area contributed by atoms with Gasteiger partial charge in [0, 0.05) is 11.6 Å². The molecule has 0 saturated carbocycles. The van der Waals surface area contributed by atoms with Crippen LogP contribution in [0.5, 0.6) is 0 Å². The number of hydrogen-bond acceptors (Lipinski definition) is 2. The van der Waals surface area contributed by atoms with Gasteiger partial charge in [-0.05, 0) is 44.0 Å². The van der Waals surface area contributed by atoms with Crippen molar-refractivity contribution in [3.63, 3.8) is 0 Å². The molecular formula is C21H21NO2S. The summed E-state index contributed by atoms with van der Waals surface area (Å²) in [5, 5.41) is 0. The minimum Gasteiger partial charge on any atom is -0.207 e. The molecule has 2 aromatic rings. The zero-order chi connectivity index (χ0) is 17.7. The van der Waals surface area contributed by atoms with E-state index in [0.717, 1.165) is 24.0 Å². The minimum absolute atomic E-state index is 0.130. The van der Waals surface area contributed by atoms with Crippen LogP contribution in [0, 0.1) is 24.7 Å². The number of nitrogens with one attached hydrogen (secondary N) is 1. The Morgan fingerprint density at radius 2 is 1.76 bits per heavy atom. The second kappa shape index (κ2) is 7.69. The van der Waals surface area contributed by atoms with Crippen molar-refractivity contribution in [3.05, 3.63) is 77.9 Å². The zero-order valence-corrected chi connectivity index (χ0v) is 15.0. The predicted molar refractivity (Wildman–Crippen MR) is 100 cm³/mol. The molecule has 0 spiro atoms. The summed E-state index contributed by atoms with van der Waals surface area (Å²) < 4.78 is 28.1. The third-order valence-corrected chi connectivity index (χ3v) is 5.72. The Morgan fingerprint density at radius 3 is 2.48 bits per heavy atom. The standard InChI is InChI=1S/C21H21NO2S/c1-17-11-15-20(16-12-17)25(23,24)22-21-10-6-5-9-19(21)14-13-18-7-3-2-4-8-18/h2-5,7-9,11-12,15-16,19,21-22H,6,10H2,1H3/t19-,21+/m1/s1. The first-order valence-electron chi connectivity index (χ1n) is 8.37. The van der Waals surface area contributed by atoms with E-state index < -0.39 is 10.0 Å². The van der Waals surface area contributed by atoms with Gasteiger partial charge in [0.05, 0.1) is 10.8 Å². The molecule has 2 atom stereocenters. The lowest BCUT2D eigenvalue weighted by atomic mass is 9.91. The van der Waals surface area contributed by atoms with Gasteiger partial charge in [0.2, 0.25) is 10.0 Å². The fourth-order valence-corrected chi connectivity index (χ4v) is 4.08. The molecule has 1 N–H and O–H groups in total. The monoisotopic (exact) mass is 351 g/mol. The normalized spacial score (nSPS) is 19.9. The first-order chi connectivity index (χ1) is 12.0. The van der Waals surface area contributed by atoms with Crippen molar-refractivity contribution >= 4 is 10.0 Å². The summed E-state index contributed by atoms with van der Waals surface area (Å²) >= 11 is 0. The molecule has 0 amide bonds. The van der Waals surface area contributed by atoms with Crippen LogP contribution in [0.3, 0.4) is 0 Å². The maximum absolute atomic E-state index is 12.6. The highest BCUT2D eigenvalue weighted by molar-refractivity contribution is 7.89.